The van der Waals surface area contributed by atoms with Gasteiger partial charge >= 0.3 is 0 Å². The Bertz CT molecular complexity index is 402. The first kappa shape index (κ1) is 22.5. The molecule has 0 saturated heterocycles. The Morgan fingerprint density at radius 3 is 2.52 bits per heavy atom. The van der Waals surface area contributed by atoms with E-state index in [0.717, 1.165) is 18.7 Å². The number of nitrogens with one attached hydrogen (secondary N) is 2. The molecule has 0 spiro atoms. The van der Waals surface area contributed by atoms with Gasteiger partial charge in [0, 0.05) is 26.1 Å². The number of carbonyl (C=O) groups is 1. The van der Waals surface area contributed by atoms with Crippen molar-refractivity contribution < 1.29 is 4.79 Å². The molecule has 0 fully saturated rings. The summed E-state index contributed by atoms with van der Waals surface area (Å²) in [5.74, 6) is 0.0884. The van der Waals surface area contributed by atoms with Gasteiger partial charge in [0.2, 0.25) is 5.91 Å². The van der Waals surface area contributed by atoms with Gasteiger partial charge in [-0.1, -0.05) is 31.2 Å². The topological polar surface area (TPSA) is 44.4 Å². The molecule has 6 heteroatoms. The second-order valence-electron chi connectivity index (χ2n) is 4.78. The van der Waals surface area contributed by atoms with E-state index in [0.29, 0.717) is 19.5 Å². The summed E-state index contributed by atoms with van der Waals surface area (Å²) in [6.07, 6.45) is 0.523. The Morgan fingerprint density at radius 2 is 1.90 bits per heavy atom. The normalized spacial score (nSPS) is 9.71. The molecule has 0 heterocycles. The zero-order valence-electron chi connectivity index (χ0n) is 13.0. The van der Waals surface area contributed by atoms with Crippen molar-refractivity contribution in [3.63, 3.8) is 0 Å². The van der Waals surface area contributed by atoms with Crippen molar-refractivity contribution in [3.8, 4) is 0 Å². The van der Waals surface area contributed by atoms with E-state index in [4.69, 9.17) is 0 Å². The third-order valence-electron chi connectivity index (χ3n) is 3.08. The number of amides is 1. The summed E-state index contributed by atoms with van der Waals surface area (Å²) in [6, 6.07) is 8.38. The summed E-state index contributed by atoms with van der Waals surface area (Å²) in [6.45, 7) is 5.44. The highest BCUT2D eigenvalue weighted by molar-refractivity contribution is 5.85. The lowest BCUT2D eigenvalue weighted by molar-refractivity contribution is -0.121. The van der Waals surface area contributed by atoms with Gasteiger partial charge in [-0.25, -0.2) is 0 Å². The molecule has 1 aromatic carbocycles. The minimum absolute atomic E-state index is 0. The molecule has 0 atom stereocenters. The molecule has 2 N–H and O–H groups in total. The molecule has 0 bridgehead atoms. The van der Waals surface area contributed by atoms with Crippen LogP contribution in [0.5, 0.6) is 0 Å². The van der Waals surface area contributed by atoms with Crippen molar-refractivity contribution >= 4 is 30.7 Å². The van der Waals surface area contributed by atoms with Crippen molar-refractivity contribution in [1.29, 1.82) is 0 Å². The van der Waals surface area contributed by atoms with Gasteiger partial charge in [-0.2, -0.15) is 0 Å². The maximum absolute atomic E-state index is 11.5. The van der Waals surface area contributed by atoms with Crippen molar-refractivity contribution in [2.75, 3.05) is 27.2 Å². The maximum atomic E-state index is 11.5. The molecular formula is C15H27Cl2N3O. The van der Waals surface area contributed by atoms with Gasteiger partial charge < -0.3 is 15.5 Å². The third kappa shape index (κ3) is 9.69. The number of hydrogen-bond donors (Lipinski definition) is 2. The molecule has 4 nitrogen and oxygen atoms in total. The molecule has 122 valence electrons. The largest absolute Gasteiger partial charge is 0.352 e. The lowest BCUT2D eigenvalue weighted by Crippen LogP contribution is -2.26. The van der Waals surface area contributed by atoms with Crippen molar-refractivity contribution in [2.45, 2.75) is 26.4 Å². The van der Waals surface area contributed by atoms with Crippen molar-refractivity contribution in [1.82, 2.24) is 15.5 Å². The standard InChI is InChI=1S/C15H25N3O.2ClH/c1-4-18(3)12-14-7-5-6-13(10-14)11-17-15(19)8-9-16-2;;/h5-7,10,16H,4,8-9,11-12H2,1-3H3,(H,17,19);2*1H. The van der Waals surface area contributed by atoms with Crippen LogP contribution in [0.25, 0.3) is 0 Å². The van der Waals surface area contributed by atoms with Gasteiger partial charge in [0.1, 0.15) is 0 Å². The van der Waals surface area contributed by atoms with Gasteiger partial charge in [-0.3, -0.25) is 4.79 Å². The van der Waals surface area contributed by atoms with Gasteiger partial charge in [0.15, 0.2) is 0 Å². The summed E-state index contributed by atoms with van der Waals surface area (Å²) in [4.78, 5) is 13.8. The molecule has 1 amide bonds. The first-order valence-corrected chi connectivity index (χ1v) is 6.83. The van der Waals surface area contributed by atoms with Gasteiger partial charge in [0.05, 0.1) is 0 Å². The van der Waals surface area contributed by atoms with Gasteiger partial charge in [-0.15, -0.1) is 24.8 Å². The monoisotopic (exact) mass is 335 g/mol. The lowest BCUT2D eigenvalue weighted by atomic mass is 10.1. The van der Waals surface area contributed by atoms with Crippen LogP contribution in [0.1, 0.15) is 24.5 Å². The Kier molecular flexibility index (Phi) is 13.8. The van der Waals surface area contributed by atoms with E-state index in [2.05, 4.69) is 41.6 Å². The maximum Gasteiger partial charge on any atom is 0.221 e. The molecule has 21 heavy (non-hydrogen) atoms. The van der Waals surface area contributed by atoms with Crippen LogP contribution in [0.2, 0.25) is 0 Å². The second-order valence-corrected chi connectivity index (χ2v) is 4.78. The SMILES string of the molecule is CCN(C)Cc1cccc(CNC(=O)CCNC)c1.Cl.Cl. The van der Waals surface area contributed by atoms with Crippen molar-refractivity contribution in [3.05, 3.63) is 35.4 Å². The molecule has 0 aliphatic heterocycles. The third-order valence-corrected chi connectivity index (χ3v) is 3.08. The Morgan fingerprint density at radius 1 is 1.24 bits per heavy atom. The Labute approximate surface area is 140 Å². The number of rotatable bonds is 8. The molecule has 0 unspecified atom stereocenters. The predicted octanol–water partition coefficient (Wildman–Crippen LogP) is 2.21. The molecule has 0 aromatic heterocycles. The fourth-order valence-corrected chi connectivity index (χ4v) is 1.79. The molecule has 0 aliphatic carbocycles. The average molecular weight is 336 g/mol. The highest BCUT2D eigenvalue weighted by Crippen LogP contribution is 2.07. The highest BCUT2D eigenvalue weighted by Gasteiger charge is 2.02. The van der Waals surface area contributed by atoms with Crippen LogP contribution < -0.4 is 10.6 Å². The second kappa shape index (κ2) is 12.9. The quantitative estimate of drug-likeness (QED) is 0.765. The molecule has 0 saturated carbocycles. The summed E-state index contributed by atoms with van der Waals surface area (Å²) in [7, 11) is 3.95. The first-order chi connectivity index (χ1) is 9.15. The number of halogens is 2. The Balaban J connectivity index is 0. The zero-order chi connectivity index (χ0) is 14.1. The Hall–Kier alpha value is -0.810. The molecule has 1 aromatic rings. The van der Waals surface area contributed by atoms with E-state index in [1.165, 1.54) is 5.56 Å². The molecule has 0 aliphatic rings. The van der Waals surface area contributed by atoms with Crippen LogP contribution >= 0.6 is 24.8 Å². The minimum atomic E-state index is 0. The van der Waals surface area contributed by atoms with Crippen LogP contribution in [0, 0.1) is 0 Å². The van der Waals surface area contributed by atoms with E-state index in [1.54, 1.807) is 0 Å². The first-order valence-electron chi connectivity index (χ1n) is 6.83. The van der Waals surface area contributed by atoms with Gasteiger partial charge in [-0.05, 0) is 31.8 Å². The smallest absolute Gasteiger partial charge is 0.221 e. The summed E-state index contributed by atoms with van der Waals surface area (Å²) in [5, 5.41) is 5.90. The zero-order valence-corrected chi connectivity index (χ0v) is 14.6. The van der Waals surface area contributed by atoms with E-state index in [9.17, 15) is 4.79 Å². The summed E-state index contributed by atoms with van der Waals surface area (Å²) in [5.41, 5.74) is 2.44. The van der Waals surface area contributed by atoms with Crippen LogP contribution in [-0.4, -0.2) is 38.0 Å². The van der Waals surface area contributed by atoms with E-state index in [1.807, 2.05) is 19.2 Å². The number of benzene rings is 1. The molecular weight excluding hydrogens is 309 g/mol. The average Bonchev–Trinajstić information content (AvgIpc) is 2.43. The van der Waals surface area contributed by atoms with Crippen LogP contribution in [0.15, 0.2) is 24.3 Å². The number of carbonyl (C=O) groups excluding carboxylic acids is 1. The number of nitrogens with zero attached hydrogens (tertiary/aromatic N) is 1. The lowest BCUT2D eigenvalue weighted by Gasteiger charge is -2.14. The number of hydrogen-bond acceptors (Lipinski definition) is 3. The van der Waals surface area contributed by atoms with Gasteiger partial charge in [0.25, 0.3) is 0 Å². The van der Waals surface area contributed by atoms with E-state index >= 15 is 0 Å². The highest BCUT2D eigenvalue weighted by atomic mass is 35.5. The fourth-order valence-electron chi connectivity index (χ4n) is 1.79. The van der Waals surface area contributed by atoms with Crippen molar-refractivity contribution in [2.24, 2.45) is 0 Å². The molecule has 1 rings (SSSR count). The summed E-state index contributed by atoms with van der Waals surface area (Å²) >= 11 is 0. The fraction of sp³-hybridized carbons (Fsp3) is 0.533. The van der Waals surface area contributed by atoms with Crippen LogP contribution in [0.4, 0.5) is 0 Å². The predicted molar refractivity (Wildman–Crippen MR) is 93.3 cm³/mol. The van der Waals surface area contributed by atoms with E-state index in [-0.39, 0.29) is 30.7 Å². The van der Waals surface area contributed by atoms with Crippen LogP contribution in [-0.2, 0) is 17.9 Å². The minimum Gasteiger partial charge on any atom is -0.352 e. The van der Waals surface area contributed by atoms with E-state index < -0.39 is 0 Å². The molecule has 0 radical (unpaired) electrons. The van der Waals surface area contributed by atoms with Crippen LogP contribution in [0.3, 0.4) is 0 Å². The summed E-state index contributed by atoms with van der Waals surface area (Å²) < 4.78 is 0.